The Bertz CT molecular complexity index is 707. The molecule has 0 fully saturated rings. The Morgan fingerprint density at radius 2 is 2.00 bits per heavy atom. The van der Waals surface area contributed by atoms with Gasteiger partial charge in [0.2, 0.25) is 5.78 Å². The normalized spacial score (nSPS) is 17.2. The lowest BCUT2D eigenvalue weighted by molar-refractivity contribution is 0.106. The van der Waals surface area contributed by atoms with Gasteiger partial charge in [-0.05, 0) is 30.7 Å². The van der Waals surface area contributed by atoms with E-state index in [0.717, 1.165) is 11.1 Å². The molecule has 1 N–H and O–H groups in total. The fourth-order valence-corrected chi connectivity index (χ4v) is 2.64. The lowest BCUT2D eigenvalue weighted by Crippen LogP contribution is -2.21. The number of hydrazone groups is 1. The molecule has 0 aliphatic carbocycles. The van der Waals surface area contributed by atoms with Crippen molar-refractivity contribution in [3.63, 3.8) is 0 Å². The summed E-state index contributed by atoms with van der Waals surface area (Å²) in [4.78, 5) is 12.7. The molecule has 0 saturated heterocycles. The zero-order valence-electron chi connectivity index (χ0n) is 11.6. The molecule has 0 amide bonds. The first kappa shape index (κ1) is 13.8. The van der Waals surface area contributed by atoms with Gasteiger partial charge in [-0.25, -0.2) is 0 Å². The van der Waals surface area contributed by atoms with Crippen LogP contribution in [0.4, 0.5) is 0 Å². The molecule has 0 bridgehead atoms. The number of halogens is 1. The van der Waals surface area contributed by atoms with Crippen molar-refractivity contribution in [2.24, 2.45) is 5.10 Å². The molecule has 3 nitrogen and oxygen atoms in total. The minimum absolute atomic E-state index is 0.0244. The van der Waals surface area contributed by atoms with Gasteiger partial charge < -0.3 is 5.43 Å². The van der Waals surface area contributed by atoms with E-state index in [9.17, 15) is 4.79 Å². The van der Waals surface area contributed by atoms with E-state index in [1.807, 2.05) is 55.5 Å². The average molecular weight is 299 g/mol. The van der Waals surface area contributed by atoms with Gasteiger partial charge in [0.1, 0.15) is 5.71 Å². The molecule has 21 heavy (non-hydrogen) atoms. The van der Waals surface area contributed by atoms with Gasteiger partial charge in [0.05, 0.1) is 5.92 Å². The van der Waals surface area contributed by atoms with Gasteiger partial charge in [0.25, 0.3) is 0 Å². The Kier molecular flexibility index (Phi) is 3.76. The summed E-state index contributed by atoms with van der Waals surface area (Å²) >= 11 is 5.92. The van der Waals surface area contributed by atoms with Crippen LogP contribution < -0.4 is 5.43 Å². The van der Waals surface area contributed by atoms with E-state index in [1.54, 1.807) is 0 Å². The van der Waals surface area contributed by atoms with E-state index >= 15 is 0 Å². The molecular weight excluding hydrogens is 284 g/mol. The molecule has 1 aliphatic rings. The number of aryl methyl sites for hydroxylation is 1. The fourth-order valence-electron chi connectivity index (χ4n) is 2.51. The summed E-state index contributed by atoms with van der Waals surface area (Å²) in [5.74, 6) is -0.0565. The topological polar surface area (TPSA) is 41.5 Å². The van der Waals surface area contributed by atoms with Crippen molar-refractivity contribution in [1.82, 2.24) is 5.43 Å². The predicted octanol–water partition coefficient (Wildman–Crippen LogP) is 3.57. The predicted molar refractivity (Wildman–Crippen MR) is 85.1 cm³/mol. The van der Waals surface area contributed by atoms with Crippen molar-refractivity contribution >= 4 is 23.1 Å². The Morgan fingerprint density at radius 3 is 2.71 bits per heavy atom. The van der Waals surface area contributed by atoms with Crippen LogP contribution in [0.25, 0.3) is 0 Å². The van der Waals surface area contributed by atoms with Crippen molar-refractivity contribution in [3.8, 4) is 0 Å². The second-order valence-electron chi connectivity index (χ2n) is 5.16. The zero-order valence-corrected chi connectivity index (χ0v) is 12.4. The molecule has 4 heteroatoms. The lowest BCUT2D eigenvalue weighted by Gasteiger charge is -2.12. The van der Waals surface area contributed by atoms with Crippen LogP contribution in [0.2, 0.25) is 5.02 Å². The SMILES string of the molecule is Cc1cccc(C(=O)C2=NNC[C@H]2c2ccc(Cl)cc2)c1. The number of carbonyl (C=O) groups excluding carboxylic acids is 1. The van der Waals surface area contributed by atoms with Crippen molar-refractivity contribution in [2.45, 2.75) is 12.8 Å². The number of carbonyl (C=O) groups is 1. The minimum atomic E-state index is -0.0321. The first-order chi connectivity index (χ1) is 10.1. The molecule has 0 saturated carbocycles. The van der Waals surface area contributed by atoms with Gasteiger partial charge in [0.15, 0.2) is 0 Å². The molecule has 2 aromatic rings. The molecule has 0 unspecified atom stereocenters. The highest BCUT2D eigenvalue weighted by molar-refractivity contribution is 6.48. The van der Waals surface area contributed by atoms with Crippen LogP contribution in [0.15, 0.2) is 53.6 Å². The maximum absolute atomic E-state index is 12.7. The third-order valence-corrected chi connectivity index (χ3v) is 3.86. The molecule has 1 atom stereocenters. The molecule has 0 spiro atoms. The Balaban J connectivity index is 1.90. The number of hydrogen-bond acceptors (Lipinski definition) is 3. The van der Waals surface area contributed by atoms with Crippen molar-refractivity contribution < 1.29 is 4.79 Å². The minimum Gasteiger partial charge on any atom is -0.309 e. The van der Waals surface area contributed by atoms with Crippen molar-refractivity contribution in [1.29, 1.82) is 0 Å². The number of Topliss-reactive ketones (excluding diaryl/α,β-unsaturated/α-hetero) is 1. The Hall–Kier alpha value is -2.13. The summed E-state index contributed by atoms with van der Waals surface area (Å²) in [6, 6.07) is 15.1. The van der Waals surface area contributed by atoms with Crippen LogP contribution in [0, 0.1) is 6.92 Å². The number of hydrogen-bond donors (Lipinski definition) is 1. The lowest BCUT2D eigenvalue weighted by atomic mass is 9.90. The maximum atomic E-state index is 12.7. The van der Waals surface area contributed by atoms with Crippen LogP contribution in [0.5, 0.6) is 0 Å². The molecule has 0 radical (unpaired) electrons. The number of ketones is 1. The van der Waals surface area contributed by atoms with Crippen molar-refractivity contribution in [2.75, 3.05) is 6.54 Å². The van der Waals surface area contributed by atoms with E-state index in [-0.39, 0.29) is 11.7 Å². The highest BCUT2D eigenvalue weighted by Crippen LogP contribution is 2.24. The van der Waals surface area contributed by atoms with E-state index in [1.165, 1.54) is 0 Å². The number of nitrogens with zero attached hydrogens (tertiary/aromatic N) is 1. The average Bonchev–Trinajstić information content (AvgIpc) is 2.96. The first-order valence-corrected chi connectivity index (χ1v) is 7.20. The Morgan fingerprint density at radius 1 is 1.24 bits per heavy atom. The molecule has 0 aromatic heterocycles. The number of nitrogens with one attached hydrogen (secondary N) is 1. The van der Waals surface area contributed by atoms with Crippen LogP contribution in [0.3, 0.4) is 0 Å². The van der Waals surface area contributed by atoms with Crippen LogP contribution in [0.1, 0.15) is 27.4 Å². The van der Waals surface area contributed by atoms with Crippen molar-refractivity contribution in [3.05, 3.63) is 70.2 Å². The van der Waals surface area contributed by atoms with Gasteiger partial charge in [0, 0.05) is 17.1 Å². The van der Waals surface area contributed by atoms with E-state index in [4.69, 9.17) is 11.6 Å². The molecular formula is C17H15ClN2O. The number of benzene rings is 2. The largest absolute Gasteiger partial charge is 0.309 e. The fraction of sp³-hybridized carbons (Fsp3) is 0.176. The van der Waals surface area contributed by atoms with Gasteiger partial charge in [-0.1, -0.05) is 47.5 Å². The highest BCUT2D eigenvalue weighted by atomic mass is 35.5. The molecule has 106 valence electrons. The standard InChI is InChI=1S/C17H15ClN2O/c1-11-3-2-4-13(9-11)17(21)16-15(10-19-20-16)12-5-7-14(18)8-6-12/h2-9,15,19H,10H2,1H3/t15-/m0/s1. The second kappa shape index (κ2) is 5.70. The molecule has 1 aliphatic heterocycles. The number of rotatable bonds is 3. The van der Waals surface area contributed by atoms with Crippen LogP contribution in [-0.4, -0.2) is 18.0 Å². The first-order valence-electron chi connectivity index (χ1n) is 6.82. The molecule has 1 heterocycles. The van der Waals surface area contributed by atoms with Gasteiger partial charge in [-0.2, -0.15) is 5.10 Å². The summed E-state index contributed by atoms with van der Waals surface area (Å²) < 4.78 is 0. The molecule has 2 aromatic carbocycles. The summed E-state index contributed by atoms with van der Waals surface area (Å²) in [7, 11) is 0. The van der Waals surface area contributed by atoms with Gasteiger partial charge in [-0.3, -0.25) is 4.79 Å². The van der Waals surface area contributed by atoms with E-state index < -0.39 is 0 Å². The van der Waals surface area contributed by atoms with E-state index in [2.05, 4.69) is 10.5 Å². The maximum Gasteiger partial charge on any atom is 0.209 e. The zero-order chi connectivity index (χ0) is 14.8. The highest BCUT2D eigenvalue weighted by Gasteiger charge is 2.29. The monoisotopic (exact) mass is 298 g/mol. The van der Waals surface area contributed by atoms with E-state index in [0.29, 0.717) is 22.8 Å². The quantitative estimate of drug-likeness (QED) is 0.880. The summed E-state index contributed by atoms with van der Waals surface area (Å²) in [6.45, 7) is 2.61. The van der Waals surface area contributed by atoms with Gasteiger partial charge in [-0.15, -0.1) is 0 Å². The summed E-state index contributed by atoms with van der Waals surface area (Å²) in [6.07, 6.45) is 0. The summed E-state index contributed by atoms with van der Waals surface area (Å²) in [5, 5.41) is 4.89. The van der Waals surface area contributed by atoms with Crippen LogP contribution >= 0.6 is 11.6 Å². The Labute approximate surface area is 128 Å². The van der Waals surface area contributed by atoms with Gasteiger partial charge >= 0.3 is 0 Å². The smallest absolute Gasteiger partial charge is 0.209 e. The third-order valence-electron chi connectivity index (χ3n) is 3.61. The molecule has 3 rings (SSSR count). The third kappa shape index (κ3) is 2.83. The van der Waals surface area contributed by atoms with Crippen LogP contribution in [-0.2, 0) is 0 Å². The summed E-state index contributed by atoms with van der Waals surface area (Å²) in [5.41, 5.74) is 6.28. The second-order valence-corrected chi connectivity index (χ2v) is 5.60.